The van der Waals surface area contributed by atoms with Crippen LogP contribution in [0.3, 0.4) is 0 Å². The number of benzene rings is 1. The predicted octanol–water partition coefficient (Wildman–Crippen LogP) is -0.445. The highest BCUT2D eigenvalue weighted by Crippen LogP contribution is 2.15. The van der Waals surface area contributed by atoms with Gasteiger partial charge in [0.1, 0.15) is 12.1 Å². The molecule has 0 heterocycles. The minimum absolute atomic E-state index is 0.107. The molecule has 8 nitrogen and oxygen atoms in total. The Labute approximate surface area is 121 Å². The minimum Gasteiger partial charge on any atom is -0.480 e. The molecule has 0 aliphatic heterocycles. The summed E-state index contributed by atoms with van der Waals surface area (Å²) in [6, 6.07) is 5.59. The fourth-order valence-electron chi connectivity index (χ4n) is 1.56. The van der Waals surface area contributed by atoms with Crippen molar-refractivity contribution < 1.29 is 23.1 Å². The molecule has 1 aromatic rings. The molecule has 21 heavy (non-hydrogen) atoms. The Balaban J connectivity index is 3.04. The zero-order valence-electron chi connectivity index (χ0n) is 10.8. The van der Waals surface area contributed by atoms with Crippen LogP contribution in [0.1, 0.15) is 18.4 Å². The smallest absolute Gasteiger partial charge is 0.321 e. The SMILES string of the molecule is N#Cc1ccccc1S(=O)(=O)N[C@@H](CCC(N)=O)C(=O)O. The fraction of sp³-hybridized carbons (Fsp3) is 0.250. The van der Waals surface area contributed by atoms with Crippen molar-refractivity contribution in [2.24, 2.45) is 5.73 Å². The van der Waals surface area contributed by atoms with Crippen molar-refractivity contribution in [1.82, 2.24) is 4.72 Å². The van der Waals surface area contributed by atoms with Gasteiger partial charge in [-0.05, 0) is 18.6 Å². The van der Waals surface area contributed by atoms with Crippen LogP contribution in [0.2, 0.25) is 0 Å². The average Bonchev–Trinajstić information content (AvgIpc) is 2.42. The lowest BCUT2D eigenvalue weighted by atomic mass is 10.2. The Morgan fingerprint density at radius 1 is 1.38 bits per heavy atom. The van der Waals surface area contributed by atoms with E-state index in [-0.39, 0.29) is 23.3 Å². The Kier molecular flexibility index (Phi) is 5.40. The molecular formula is C12H13N3O5S. The molecular weight excluding hydrogens is 298 g/mol. The third kappa shape index (κ3) is 4.55. The summed E-state index contributed by atoms with van der Waals surface area (Å²) in [6.07, 6.45) is -0.558. The summed E-state index contributed by atoms with van der Waals surface area (Å²) in [7, 11) is -4.20. The highest BCUT2D eigenvalue weighted by molar-refractivity contribution is 7.89. The molecule has 0 fully saturated rings. The Bertz CT molecular complexity index is 693. The summed E-state index contributed by atoms with van der Waals surface area (Å²) in [5.74, 6) is -2.17. The number of nitrogens with zero attached hydrogens (tertiary/aromatic N) is 1. The van der Waals surface area contributed by atoms with E-state index >= 15 is 0 Å². The number of sulfonamides is 1. The van der Waals surface area contributed by atoms with Crippen LogP contribution < -0.4 is 10.5 Å². The highest BCUT2D eigenvalue weighted by atomic mass is 32.2. The predicted molar refractivity (Wildman–Crippen MR) is 71.3 cm³/mol. The van der Waals surface area contributed by atoms with Gasteiger partial charge >= 0.3 is 5.97 Å². The van der Waals surface area contributed by atoms with E-state index < -0.39 is 27.9 Å². The summed E-state index contributed by atoms with van der Waals surface area (Å²) in [5, 5.41) is 17.9. The van der Waals surface area contributed by atoms with E-state index in [1.54, 1.807) is 6.07 Å². The van der Waals surface area contributed by atoms with E-state index in [1.807, 2.05) is 4.72 Å². The van der Waals surface area contributed by atoms with Gasteiger partial charge in [-0.3, -0.25) is 9.59 Å². The molecule has 0 unspecified atom stereocenters. The van der Waals surface area contributed by atoms with E-state index in [2.05, 4.69) is 0 Å². The van der Waals surface area contributed by atoms with Gasteiger partial charge in [0.2, 0.25) is 15.9 Å². The molecule has 0 aromatic heterocycles. The van der Waals surface area contributed by atoms with Crippen molar-refractivity contribution in [3.63, 3.8) is 0 Å². The van der Waals surface area contributed by atoms with Crippen LogP contribution in [-0.2, 0) is 19.6 Å². The number of carboxylic acid groups (broad SMARTS) is 1. The van der Waals surface area contributed by atoms with Crippen LogP contribution in [-0.4, -0.2) is 31.4 Å². The first-order valence-electron chi connectivity index (χ1n) is 5.80. The van der Waals surface area contributed by atoms with Crippen LogP contribution >= 0.6 is 0 Å². The van der Waals surface area contributed by atoms with Crippen molar-refractivity contribution in [3.8, 4) is 6.07 Å². The first-order valence-corrected chi connectivity index (χ1v) is 7.29. The lowest BCUT2D eigenvalue weighted by Gasteiger charge is -2.14. The molecule has 1 rings (SSSR count). The number of nitrogens with two attached hydrogens (primary N) is 1. The Hall–Kier alpha value is -2.44. The molecule has 0 saturated heterocycles. The van der Waals surface area contributed by atoms with E-state index in [1.165, 1.54) is 24.3 Å². The second kappa shape index (κ2) is 6.83. The number of nitrogens with one attached hydrogen (secondary N) is 1. The van der Waals surface area contributed by atoms with Gasteiger partial charge in [0.15, 0.2) is 0 Å². The lowest BCUT2D eigenvalue weighted by molar-refractivity contribution is -0.139. The molecule has 0 saturated carbocycles. The maximum absolute atomic E-state index is 12.1. The summed E-state index contributed by atoms with van der Waals surface area (Å²) < 4.78 is 26.2. The molecule has 112 valence electrons. The van der Waals surface area contributed by atoms with Gasteiger partial charge in [-0.1, -0.05) is 12.1 Å². The molecule has 1 atom stereocenters. The molecule has 0 aliphatic carbocycles. The summed E-state index contributed by atoms with van der Waals surface area (Å²) in [6.45, 7) is 0. The van der Waals surface area contributed by atoms with Crippen LogP contribution in [0.25, 0.3) is 0 Å². The number of aliphatic carboxylic acids is 1. The third-order valence-corrected chi connectivity index (χ3v) is 4.10. The minimum atomic E-state index is -4.20. The summed E-state index contributed by atoms with van der Waals surface area (Å²) >= 11 is 0. The number of rotatable bonds is 7. The molecule has 9 heteroatoms. The molecule has 0 bridgehead atoms. The molecule has 4 N–H and O–H groups in total. The van der Waals surface area contributed by atoms with E-state index in [0.29, 0.717) is 0 Å². The Morgan fingerprint density at radius 3 is 2.52 bits per heavy atom. The number of primary amides is 1. The normalized spacial score (nSPS) is 12.3. The number of hydrogen-bond acceptors (Lipinski definition) is 5. The van der Waals surface area contributed by atoms with E-state index in [9.17, 15) is 18.0 Å². The van der Waals surface area contributed by atoms with Crippen molar-refractivity contribution in [2.45, 2.75) is 23.8 Å². The number of carbonyl (C=O) groups is 2. The van der Waals surface area contributed by atoms with Crippen LogP contribution in [0.15, 0.2) is 29.2 Å². The quantitative estimate of drug-likeness (QED) is 0.620. The van der Waals surface area contributed by atoms with Crippen molar-refractivity contribution in [1.29, 1.82) is 5.26 Å². The second-order valence-electron chi connectivity index (χ2n) is 4.13. The molecule has 0 spiro atoms. The van der Waals surface area contributed by atoms with Gasteiger partial charge in [-0.25, -0.2) is 8.42 Å². The van der Waals surface area contributed by atoms with Crippen molar-refractivity contribution in [2.75, 3.05) is 0 Å². The molecule has 1 aromatic carbocycles. The summed E-state index contributed by atoms with van der Waals surface area (Å²) in [5.41, 5.74) is 4.80. The average molecular weight is 311 g/mol. The standard InChI is InChI=1S/C12H13N3O5S/c13-7-8-3-1-2-4-10(8)21(19,20)15-9(12(17)18)5-6-11(14)16/h1-4,9,15H,5-6H2,(H2,14,16)(H,17,18)/t9-/m0/s1. The van der Waals surface area contributed by atoms with Crippen LogP contribution in [0, 0.1) is 11.3 Å². The second-order valence-corrected chi connectivity index (χ2v) is 5.81. The van der Waals surface area contributed by atoms with Gasteiger partial charge in [0, 0.05) is 6.42 Å². The van der Waals surface area contributed by atoms with Crippen molar-refractivity contribution in [3.05, 3.63) is 29.8 Å². The summed E-state index contributed by atoms with van der Waals surface area (Å²) in [4.78, 5) is 21.4. The van der Waals surface area contributed by atoms with Gasteiger partial charge in [0.25, 0.3) is 0 Å². The highest BCUT2D eigenvalue weighted by Gasteiger charge is 2.27. The number of hydrogen-bond donors (Lipinski definition) is 3. The molecule has 0 radical (unpaired) electrons. The number of amides is 1. The maximum atomic E-state index is 12.1. The van der Waals surface area contributed by atoms with Crippen LogP contribution in [0.4, 0.5) is 0 Å². The van der Waals surface area contributed by atoms with E-state index in [0.717, 1.165) is 0 Å². The largest absolute Gasteiger partial charge is 0.480 e. The van der Waals surface area contributed by atoms with E-state index in [4.69, 9.17) is 16.1 Å². The number of carboxylic acids is 1. The van der Waals surface area contributed by atoms with Gasteiger partial charge in [-0.2, -0.15) is 9.98 Å². The number of nitriles is 1. The molecule has 0 aliphatic rings. The van der Waals surface area contributed by atoms with Crippen LogP contribution in [0.5, 0.6) is 0 Å². The Morgan fingerprint density at radius 2 is 2.00 bits per heavy atom. The first kappa shape index (κ1) is 16.6. The topological polar surface area (TPSA) is 150 Å². The van der Waals surface area contributed by atoms with Crippen molar-refractivity contribution >= 4 is 21.9 Å². The van der Waals surface area contributed by atoms with Gasteiger partial charge in [0.05, 0.1) is 10.5 Å². The zero-order valence-corrected chi connectivity index (χ0v) is 11.6. The van der Waals surface area contributed by atoms with Gasteiger partial charge < -0.3 is 10.8 Å². The molecule has 1 amide bonds. The fourth-order valence-corrected chi connectivity index (χ4v) is 2.94. The van der Waals surface area contributed by atoms with Gasteiger partial charge in [-0.15, -0.1) is 0 Å². The third-order valence-electron chi connectivity index (χ3n) is 2.57. The maximum Gasteiger partial charge on any atom is 0.321 e. The first-order chi connectivity index (χ1) is 9.77. The number of carbonyl (C=O) groups excluding carboxylic acids is 1. The zero-order chi connectivity index (χ0) is 16.0. The monoisotopic (exact) mass is 311 g/mol. The lowest BCUT2D eigenvalue weighted by Crippen LogP contribution is -2.41.